The van der Waals surface area contributed by atoms with Gasteiger partial charge >= 0.3 is 0 Å². The lowest BCUT2D eigenvalue weighted by Crippen LogP contribution is -2.49. The number of carbonyl (C=O) groups is 1. The van der Waals surface area contributed by atoms with E-state index < -0.39 is 21.3 Å². The summed E-state index contributed by atoms with van der Waals surface area (Å²) in [7, 11) is -2.30. The van der Waals surface area contributed by atoms with Gasteiger partial charge in [0.1, 0.15) is 10.7 Å². The average molecular weight is 550 g/mol. The lowest BCUT2D eigenvalue weighted by Gasteiger charge is -2.32. The molecule has 11 heteroatoms. The van der Waals surface area contributed by atoms with Gasteiger partial charge in [0.2, 0.25) is 10.0 Å². The number of halogens is 2. The molecule has 0 spiro atoms. The molecular weight excluding hydrogens is 526 g/mol. The molecule has 4 rings (SSSR count). The lowest BCUT2D eigenvalue weighted by molar-refractivity contribution is 0.100. The average Bonchev–Trinajstić information content (AvgIpc) is 3.16. The summed E-state index contributed by atoms with van der Waals surface area (Å²) < 4.78 is 49.5. The van der Waals surface area contributed by atoms with E-state index in [2.05, 4.69) is 15.4 Å². The van der Waals surface area contributed by atoms with Crippen LogP contribution in [0.5, 0.6) is 5.75 Å². The number of hydrogen-bond donors (Lipinski definition) is 3. The number of carbonyl (C=O) groups excluding carboxylic acids is 1. The van der Waals surface area contributed by atoms with E-state index in [1.165, 1.54) is 29.0 Å². The van der Waals surface area contributed by atoms with Gasteiger partial charge in [0.25, 0.3) is 5.91 Å². The standard InChI is InChI=1S/C19H23FN4O4S.HI/c1-11-6-12(4-5-13(11)20)22-18(25)16-17-14(8-24(16)3)29(26,27)23-15-7-21-9-19(15,2)10-28-17;/h4-6,8,15,21,23H,7,9-10H2,1-3H3,(H,22,25);1H/t15-,19-;/m1./s1. The maximum atomic E-state index is 13.5. The minimum Gasteiger partial charge on any atom is -0.489 e. The van der Waals surface area contributed by atoms with E-state index in [0.717, 1.165) is 0 Å². The Kier molecular flexibility index (Phi) is 6.20. The highest BCUT2D eigenvalue weighted by molar-refractivity contribution is 14.0. The first-order valence-electron chi connectivity index (χ1n) is 9.23. The molecule has 8 nitrogen and oxygen atoms in total. The van der Waals surface area contributed by atoms with Crippen molar-refractivity contribution in [2.24, 2.45) is 12.5 Å². The molecule has 1 amide bonds. The highest BCUT2D eigenvalue weighted by atomic mass is 127. The normalized spacial score (nSPS) is 24.5. The van der Waals surface area contributed by atoms with E-state index in [9.17, 15) is 17.6 Å². The van der Waals surface area contributed by atoms with E-state index >= 15 is 0 Å². The van der Waals surface area contributed by atoms with Gasteiger partial charge in [0.05, 0.1) is 6.61 Å². The molecule has 0 saturated carbocycles. The first-order chi connectivity index (χ1) is 13.6. The Bertz CT molecular complexity index is 1100. The summed E-state index contributed by atoms with van der Waals surface area (Å²) >= 11 is 0. The molecule has 0 unspecified atom stereocenters. The quantitative estimate of drug-likeness (QED) is 0.497. The number of rotatable bonds is 2. The third-order valence-corrected chi connectivity index (χ3v) is 7.05. The Labute approximate surface area is 191 Å². The van der Waals surface area contributed by atoms with E-state index in [1.54, 1.807) is 14.0 Å². The number of fused-ring (bicyclic) bond motifs is 2. The molecule has 164 valence electrons. The fourth-order valence-electron chi connectivity index (χ4n) is 3.78. The number of ether oxygens (including phenoxy) is 1. The largest absolute Gasteiger partial charge is 0.489 e. The minimum atomic E-state index is -3.88. The Balaban J connectivity index is 0.00000256. The molecule has 2 aliphatic rings. The summed E-state index contributed by atoms with van der Waals surface area (Å²) in [6.07, 6.45) is 1.37. The van der Waals surface area contributed by atoms with Crippen LogP contribution in [0.25, 0.3) is 0 Å². The molecule has 3 heterocycles. The molecule has 2 aromatic rings. The molecule has 0 aliphatic carbocycles. The van der Waals surface area contributed by atoms with Crippen LogP contribution in [0.1, 0.15) is 23.0 Å². The number of nitrogens with zero attached hydrogens (tertiary/aromatic N) is 1. The highest BCUT2D eigenvalue weighted by Crippen LogP contribution is 2.37. The van der Waals surface area contributed by atoms with Gasteiger partial charge in [-0.25, -0.2) is 17.5 Å². The van der Waals surface area contributed by atoms with Gasteiger partial charge in [-0.1, -0.05) is 6.92 Å². The zero-order valence-electron chi connectivity index (χ0n) is 16.8. The van der Waals surface area contributed by atoms with Crippen molar-refractivity contribution < 1.29 is 22.3 Å². The molecule has 1 aromatic carbocycles. The molecule has 2 atom stereocenters. The number of aromatic nitrogens is 1. The second kappa shape index (κ2) is 8.09. The summed E-state index contributed by atoms with van der Waals surface area (Å²) in [6.45, 7) is 4.89. The van der Waals surface area contributed by atoms with Crippen molar-refractivity contribution >= 4 is 45.6 Å². The predicted octanol–water partition coefficient (Wildman–Crippen LogP) is 1.99. The van der Waals surface area contributed by atoms with Gasteiger partial charge in [0, 0.05) is 43.5 Å². The number of amides is 1. The van der Waals surface area contributed by atoms with Crippen molar-refractivity contribution in [2.75, 3.05) is 25.0 Å². The molecule has 1 aromatic heterocycles. The lowest BCUT2D eigenvalue weighted by atomic mass is 9.87. The fourth-order valence-corrected chi connectivity index (χ4v) is 5.34. The number of hydrogen-bond acceptors (Lipinski definition) is 5. The monoisotopic (exact) mass is 550 g/mol. The molecular formula is C19H24FIN4O4S. The summed E-state index contributed by atoms with van der Waals surface area (Å²) in [4.78, 5) is 12.9. The Morgan fingerprint density at radius 1 is 1.40 bits per heavy atom. The van der Waals surface area contributed by atoms with Crippen LogP contribution in [0.2, 0.25) is 0 Å². The Hall–Kier alpha value is -1.70. The minimum absolute atomic E-state index is 0. The van der Waals surface area contributed by atoms with Crippen LogP contribution < -0.4 is 20.1 Å². The van der Waals surface area contributed by atoms with E-state index in [0.29, 0.717) is 24.3 Å². The van der Waals surface area contributed by atoms with Gasteiger partial charge in [0.15, 0.2) is 11.4 Å². The molecule has 1 fully saturated rings. The molecule has 0 radical (unpaired) electrons. The second-order valence-electron chi connectivity index (χ2n) is 7.95. The number of aryl methyl sites for hydroxylation is 2. The zero-order valence-corrected chi connectivity index (χ0v) is 19.9. The number of nitrogens with one attached hydrogen (secondary N) is 3. The van der Waals surface area contributed by atoms with Crippen molar-refractivity contribution in [3.63, 3.8) is 0 Å². The fraction of sp³-hybridized carbons (Fsp3) is 0.421. The SMILES string of the molecule is Cc1cc(NC(=O)c2c3c(cn2C)S(=O)(=O)N[C@@H]2CNC[C@]2(C)CO3)ccc1F.I. The number of sulfonamides is 1. The molecule has 30 heavy (non-hydrogen) atoms. The number of benzene rings is 1. The van der Waals surface area contributed by atoms with Gasteiger partial charge in [-0.15, -0.1) is 24.0 Å². The van der Waals surface area contributed by atoms with Crippen LogP contribution in [-0.4, -0.2) is 44.6 Å². The van der Waals surface area contributed by atoms with Crippen LogP contribution in [0.3, 0.4) is 0 Å². The van der Waals surface area contributed by atoms with Gasteiger partial charge in [-0.2, -0.15) is 0 Å². The summed E-state index contributed by atoms with van der Waals surface area (Å²) in [5.41, 5.74) is 0.436. The van der Waals surface area contributed by atoms with Crippen LogP contribution in [0.15, 0.2) is 29.3 Å². The van der Waals surface area contributed by atoms with Gasteiger partial charge in [-0.3, -0.25) is 4.79 Å². The molecule has 0 bridgehead atoms. The van der Waals surface area contributed by atoms with Crippen molar-refractivity contribution in [3.05, 3.63) is 41.5 Å². The Morgan fingerprint density at radius 2 is 2.13 bits per heavy atom. The summed E-state index contributed by atoms with van der Waals surface area (Å²) in [5.74, 6) is -0.898. The molecule has 1 saturated heterocycles. The highest BCUT2D eigenvalue weighted by Gasteiger charge is 2.45. The summed E-state index contributed by atoms with van der Waals surface area (Å²) in [6, 6.07) is 3.91. The maximum Gasteiger partial charge on any atom is 0.276 e. The topological polar surface area (TPSA) is 101 Å². The second-order valence-corrected chi connectivity index (χ2v) is 9.63. The molecule has 3 N–H and O–H groups in total. The third-order valence-electron chi connectivity index (χ3n) is 5.59. The smallest absolute Gasteiger partial charge is 0.276 e. The Morgan fingerprint density at radius 3 is 2.83 bits per heavy atom. The third kappa shape index (κ3) is 3.95. The number of anilines is 1. The van der Waals surface area contributed by atoms with E-state index in [1.807, 2.05) is 6.92 Å². The first-order valence-corrected chi connectivity index (χ1v) is 10.7. The van der Waals surface area contributed by atoms with Gasteiger partial charge < -0.3 is 19.9 Å². The van der Waals surface area contributed by atoms with E-state index in [4.69, 9.17) is 4.74 Å². The predicted molar refractivity (Wildman–Crippen MR) is 120 cm³/mol. The summed E-state index contributed by atoms with van der Waals surface area (Å²) in [5, 5.41) is 5.87. The van der Waals surface area contributed by atoms with Crippen molar-refractivity contribution in [1.29, 1.82) is 0 Å². The maximum absolute atomic E-state index is 13.5. The van der Waals surface area contributed by atoms with Crippen molar-refractivity contribution in [2.45, 2.75) is 24.8 Å². The van der Waals surface area contributed by atoms with Crippen molar-refractivity contribution in [1.82, 2.24) is 14.6 Å². The van der Waals surface area contributed by atoms with Crippen LogP contribution in [0.4, 0.5) is 10.1 Å². The van der Waals surface area contributed by atoms with Gasteiger partial charge in [-0.05, 0) is 30.7 Å². The van der Waals surface area contributed by atoms with Crippen LogP contribution in [-0.2, 0) is 17.1 Å². The zero-order chi connectivity index (χ0) is 21.0. The van der Waals surface area contributed by atoms with Crippen LogP contribution >= 0.6 is 24.0 Å². The molecule has 2 aliphatic heterocycles. The van der Waals surface area contributed by atoms with Crippen molar-refractivity contribution in [3.8, 4) is 5.75 Å². The van der Waals surface area contributed by atoms with Crippen LogP contribution in [0, 0.1) is 18.2 Å². The first kappa shape index (κ1) is 23.0. The van der Waals surface area contributed by atoms with E-state index in [-0.39, 0.29) is 58.8 Å².